The zero-order valence-corrected chi connectivity index (χ0v) is 12.2. The predicted molar refractivity (Wildman–Crippen MR) is 81.8 cm³/mol. The van der Waals surface area contributed by atoms with Gasteiger partial charge < -0.3 is 15.8 Å². The number of hydrogen-bond donors (Lipinski definition) is 2. The number of para-hydroxylation sites is 1. The summed E-state index contributed by atoms with van der Waals surface area (Å²) in [5, 5.41) is 2.75. The van der Waals surface area contributed by atoms with Gasteiger partial charge in [-0.3, -0.25) is 9.78 Å². The molecule has 0 spiro atoms. The molecule has 0 unspecified atom stereocenters. The second kappa shape index (κ2) is 6.97. The maximum Gasteiger partial charge on any atom is 0.258 e. The molecule has 5 nitrogen and oxygen atoms in total. The molecule has 0 fully saturated rings. The second-order valence-corrected chi connectivity index (χ2v) is 5.30. The predicted octanol–water partition coefficient (Wildman–Crippen LogP) is 1.47. The van der Waals surface area contributed by atoms with Crippen LogP contribution in [0.1, 0.15) is 10.4 Å². The number of thiazole rings is 1. The summed E-state index contributed by atoms with van der Waals surface area (Å²) < 4.78 is 5.44. The van der Waals surface area contributed by atoms with Crippen LogP contribution in [-0.4, -0.2) is 22.5 Å². The van der Waals surface area contributed by atoms with Gasteiger partial charge in [-0.1, -0.05) is 24.4 Å². The van der Waals surface area contributed by atoms with Gasteiger partial charge in [-0.05, 0) is 12.1 Å². The lowest BCUT2D eigenvalue weighted by Crippen LogP contribution is -2.28. The summed E-state index contributed by atoms with van der Waals surface area (Å²) in [6, 6.07) is 7.09. The van der Waals surface area contributed by atoms with Crippen LogP contribution in [0.5, 0.6) is 5.75 Å². The molecule has 0 saturated heterocycles. The van der Waals surface area contributed by atoms with Gasteiger partial charge in [0.15, 0.2) is 6.61 Å². The molecule has 2 rings (SSSR count). The summed E-state index contributed by atoms with van der Waals surface area (Å²) in [5.74, 6) is 0.295. The van der Waals surface area contributed by atoms with Crippen molar-refractivity contribution in [3.8, 4) is 5.75 Å². The Morgan fingerprint density at radius 3 is 2.95 bits per heavy atom. The normalized spacial score (nSPS) is 10.0. The molecule has 20 heavy (non-hydrogen) atoms. The number of nitrogens with one attached hydrogen (secondary N) is 1. The molecule has 0 bridgehead atoms. The van der Waals surface area contributed by atoms with Crippen molar-refractivity contribution in [2.75, 3.05) is 6.61 Å². The summed E-state index contributed by atoms with van der Waals surface area (Å²) >= 11 is 6.41. The van der Waals surface area contributed by atoms with E-state index >= 15 is 0 Å². The monoisotopic (exact) mass is 307 g/mol. The van der Waals surface area contributed by atoms with Crippen molar-refractivity contribution in [2.45, 2.75) is 6.54 Å². The molecule has 1 heterocycles. The Balaban J connectivity index is 1.85. The Labute approximate surface area is 125 Å². The van der Waals surface area contributed by atoms with Crippen molar-refractivity contribution in [1.29, 1.82) is 0 Å². The third kappa shape index (κ3) is 4.01. The summed E-state index contributed by atoms with van der Waals surface area (Å²) in [6.07, 6.45) is 1.72. The first-order valence-corrected chi connectivity index (χ1v) is 7.11. The van der Waals surface area contributed by atoms with Crippen molar-refractivity contribution < 1.29 is 9.53 Å². The van der Waals surface area contributed by atoms with Crippen LogP contribution in [-0.2, 0) is 11.3 Å². The molecule has 0 aliphatic heterocycles. The van der Waals surface area contributed by atoms with E-state index in [9.17, 15) is 4.79 Å². The standard InChI is InChI=1S/C13H13N3O2S2/c14-13(19)10-3-1-2-4-11(10)18-7-12(17)16-6-9-5-15-8-20-9/h1-5,8H,6-7H2,(H2,14,19)(H,16,17). The van der Waals surface area contributed by atoms with Crippen molar-refractivity contribution in [3.05, 3.63) is 46.4 Å². The van der Waals surface area contributed by atoms with Gasteiger partial charge in [0, 0.05) is 11.1 Å². The highest BCUT2D eigenvalue weighted by Gasteiger charge is 2.08. The molecule has 1 aromatic heterocycles. The van der Waals surface area contributed by atoms with Gasteiger partial charge in [0.25, 0.3) is 5.91 Å². The number of hydrogen-bond acceptors (Lipinski definition) is 5. The Kier molecular flexibility index (Phi) is 5.03. The zero-order chi connectivity index (χ0) is 14.4. The van der Waals surface area contributed by atoms with E-state index in [0.29, 0.717) is 17.9 Å². The van der Waals surface area contributed by atoms with Crippen molar-refractivity contribution in [1.82, 2.24) is 10.3 Å². The lowest BCUT2D eigenvalue weighted by molar-refractivity contribution is -0.123. The molecule has 104 valence electrons. The van der Waals surface area contributed by atoms with E-state index in [1.54, 1.807) is 29.9 Å². The molecule has 0 aliphatic carbocycles. The molecule has 0 saturated carbocycles. The van der Waals surface area contributed by atoms with Crippen LogP contribution in [0.4, 0.5) is 0 Å². The number of amides is 1. The van der Waals surface area contributed by atoms with Gasteiger partial charge in [-0.2, -0.15) is 0 Å². The van der Waals surface area contributed by atoms with E-state index in [2.05, 4.69) is 10.3 Å². The van der Waals surface area contributed by atoms with Crippen molar-refractivity contribution in [3.63, 3.8) is 0 Å². The molecular formula is C13H13N3O2S2. The fraction of sp³-hybridized carbons (Fsp3) is 0.154. The number of benzene rings is 1. The first-order valence-electron chi connectivity index (χ1n) is 5.82. The molecule has 3 N–H and O–H groups in total. The third-order valence-corrected chi connectivity index (χ3v) is 3.45. The van der Waals surface area contributed by atoms with Crippen LogP contribution >= 0.6 is 23.6 Å². The van der Waals surface area contributed by atoms with E-state index in [1.807, 2.05) is 6.07 Å². The second-order valence-electron chi connectivity index (χ2n) is 3.89. The number of ether oxygens (including phenoxy) is 1. The maximum atomic E-state index is 11.7. The van der Waals surface area contributed by atoms with E-state index < -0.39 is 0 Å². The minimum atomic E-state index is -0.212. The smallest absolute Gasteiger partial charge is 0.258 e. The molecule has 0 atom stereocenters. The molecule has 1 aromatic carbocycles. The SMILES string of the molecule is NC(=S)c1ccccc1OCC(=O)NCc1cncs1. The molecular weight excluding hydrogens is 294 g/mol. The summed E-state index contributed by atoms with van der Waals surface area (Å²) in [7, 11) is 0. The minimum Gasteiger partial charge on any atom is -0.483 e. The average Bonchev–Trinajstić information content (AvgIpc) is 2.96. The Morgan fingerprint density at radius 1 is 1.45 bits per heavy atom. The van der Waals surface area contributed by atoms with Gasteiger partial charge in [0.2, 0.25) is 0 Å². The molecule has 1 amide bonds. The van der Waals surface area contributed by atoms with Gasteiger partial charge in [0.1, 0.15) is 10.7 Å². The first-order chi connectivity index (χ1) is 9.66. The number of nitrogens with two attached hydrogens (primary N) is 1. The Bertz CT molecular complexity index is 599. The number of nitrogens with zero attached hydrogens (tertiary/aromatic N) is 1. The highest BCUT2D eigenvalue weighted by Crippen LogP contribution is 2.17. The number of thiocarbonyl (C=S) groups is 1. The first kappa shape index (κ1) is 14.4. The van der Waals surface area contributed by atoms with Crippen LogP contribution in [0.15, 0.2) is 36.0 Å². The van der Waals surface area contributed by atoms with E-state index in [1.165, 1.54) is 11.3 Å². The molecule has 2 aromatic rings. The number of carbonyl (C=O) groups is 1. The van der Waals surface area contributed by atoms with Gasteiger partial charge in [0.05, 0.1) is 17.6 Å². The third-order valence-electron chi connectivity index (χ3n) is 2.45. The van der Waals surface area contributed by atoms with Crippen molar-refractivity contribution >= 4 is 34.5 Å². The fourth-order valence-corrected chi connectivity index (χ4v) is 2.21. The average molecular weight is 307 g/mol. The van der Waals surface area contributed by atoms with Gasteiger partial charge in [-0.15, -0.1) is 11.3 Å². The number of aromatic nitrogens is 1. The summed E-state index contributed by atoms with van der Waals surface area (Å²) in [4.78, 5) is 16.8. The molecule has 0 aliphatic rings. The lowest BCUT2D eigenvalue weighted by Gasteiger charge is -2.10. The van der Waals surface area contributed by atoms with E-state index in [4.69, 9.17) is 22.7 Å². The van der Waals surface area contributed by atoms with Gasteiger partial charge >= 0.3 is 0 Å². The van der Waals surface area contributed by atoms with Gasteiger partial charge in [-0.25, -0.2) is 0 Å². The fourth-order valence-electron chi connectivity index (χ4n) is 1.51. The Hall–Kier alpha value is -1.99. The van der Waals surface area contributed by atoms with E-state index in [0.717, 1.165) is 4.88 Å². The van der Waals surface area contributed by atoms with E-state index in [-0.39, 0.29) is 17.5 Å². The van der Waals surface area contributed by atoms with Crippen LogP contribution < -0.4 is 15.8 Å². The minimum absolute atomic E-state index is 0.0849. The highest BCUT2D eigenvalue weighted by atomic mass is 32.1. The number of rotatable bonds is 6. The summed E-state index contributed by atoms with van der Waals surface area (Å²) in [5.41, 5.74) is 7.93. The summed E-state index contributed by atoms with van der Waals surface area (Å²) in [6.45, 7) is 0.363. The Morgan fingerprint density at radius 2 is 2.25 bits per heavy atom. The van der Waals surface area contributed by atoms with Crippen LogP contribution in [0.3, 0.4) is 0 Å². The quantitative estimate of drug-likeness (QED) is 0.790. The molecule has 0 radical (unpaired) electrons. The van der Waals surface area contributed by atoms with Crippen LogP contribution in [0, 0.1) is 0 Å². The maximum absolute atomic E-state index is 11.7. The lowest BCUT2D eigenvalue weighted by atomic mass is 10.2. The zero-order valence-electron chi connectivity index (χ0n) is 10.5. The molecule has 7 heteroatoms. The largest absolute Gasteiger partial charge is 0.483 e. The topological polar surface area (TPSA) is 77.2 Å². The van der Waals surface area contributed by atoms with Crippen LogP contribution in [0.25, 0.3) is 0 Å². The highest BCUT2D eigenvalue weighted by molar-refractivity contribution is 7.80. The van der Waals surface area contributed by atoms with Crippen molar-refractivity contribution in [2.24, 2.45) is 5.73 Å². The van der Waals surface area contributed by atoms with Crippen LogP contribution in [0.2, 0.25) is 0 Å². The number of carbonyl (C=O) groups excluding carboxylic acids is 1.